The van der Waals surface area contributed by atoms with E-state index in [-0.39, 0.29) is 0 Å². The minimum Gasteiger partial charge on any atom is -0.240 e. The van der Waals surface area contributed by atoms with Gasteiger partial charge < -0.3 is 0 Å². The number of hydrogen-bond acceptors (Lipinski definition) is 2. The molecule has 0 aromatic heterocycles. The Balaban J connectivity index is 4.73. The molecule has 0 aliphatic heterocycles. The lowest BCUT2D eigenvalue weighted by Crippen LogP contribution is -2.03. The molecule has 0 amide bonds. The first-order chi connectivity index (χ1) is 6.40. The van der Waals surface area contributed by atoms with Gasteiger partial charge in [-0.25, -0.2) is 4.99 Å². The first kappa shape index (κ1) is 14.1. The van der Waals surface area contributed by atoms with E-state index in [1.807, 2.05) is 0 Å². The molecule has 0 spiro atoms. The van der Waals surface area contributed by atoms with Crippen molar-refractivity contribution in [3.8, 4) is 0 Å². The van der Waals surface area contributed by atoms with Crippen LogP contribution in [0.5, 0.6) is 0 Å². The molecule has 0 N–H and O–H groups in total. The van der Waals surface area contributed by atoms with Gasteiger partial charge in [0.15, 0.2) is 0 Å². The van der Waals surface area contributed by atoms with Gasteiger partial charge in [0.25, 0.3) is 0 Å². The van der Waals surface area contributed by atoms with Gasteiger partial charge in [0.2, 0.25) is 0 Å². The van der Waals surface area contributed by atoms with Crippen LogP contribution in [-0.4, -0.2) is 5.04 Å². The summed E-state index contributed by atoms with van der Waals surface area (Å²) in [6, 6.07) is 0. The molecule has 1 atom stereocenters. The number of rotatable bonds is 4. The smallest absolute Gasteiger partial charge is 0.0930 e. The van der Waals surface area contributed by atoms with Crippen molar-refractivity contribution >= 4 is 30.3 Å². The fourth-order valence-electron chi connectivity index (χ4n) is 0.748. The highest BCUT2D eigenvalue weighted by molar-refractivity contribution is 7.97. The number of hydrogen-bond donors (Lipinski definition) is 2. The van der Waals surface area contributed by atoms with Crippen LogP contribution in [0.2, 0.25) is 0 Å². The van der Waals surface area contributed by atoms with Crippen LogP contribution < -0.4 is 0 Å². The molecule has 0 saturated carbocycles. The summed E-state index contributed by atoms with van der Waals surface area (Å²) in [5, 5.41) is 1.68. The fourth-order valence-corrected chi connectivity index (χ4v) is 1.48. The SMILES string of the molecule is CCC(C)/C(S)=N\C(S)=C(/C)C(C)C. The van der Waals surface area contributed by atoms with E-state index >= 15 is 0 Å². The third-order valence-corrected chi connectivity index (χ3v) is 3.49. The molecule has 0 aromatic rings. The van der Waals surface area contributed by atoms with Crippen LogP contribution in [0.1, 0.15) is 41.0 Å². The molecule has 0 aliphatic rings. The highest BCUT2D eigenvalue weighted by Crippen LogP contribution is 2.20. The molecule has 0 rings (SSSR count). The number of nitrogens with zero attached hydrogens (tertiary/aromatic N) is 1. The highest BCUT2D eigenvalue weighted by Gasteiger charge is 2.06. The van der Waals surface area contributed by atoms with E-state index in [1.54, 1.807) is 0 Å². The van der Waals surface area contributed by atoms with Crippen molar-refractivity contribution in [3.05, 3.63) is 10.6 Å². The number of allylic oxidation sites excluding steroid dienone is 1. The van der Waals surface area contributed by atoms with E-state index in [1.165, 1.54) is 5.57 Å². The molecule has 0 aliphatic carbocycles. The lowest BCUT2D eigenvalue weighted by molar-refractivity contribution is 0.745. The zero-order valence-corrected chi connectivity index (χ0v) is 11.5. The third-order valence-electron chi connectivity index (χ3n) is 2.49. The monoisotopic (exact) mass is 231 g/mol. The Morgan fingerprint density at radius 2 is 1.71 bits per heavy atom. The average Bonchev–Trinajstić information content (AvgIpc) is 2.14. The van der Waals surface area contributed by atoms with E-state index in [0.717, 1.165) is 16.5 Å². The topological polar surface area (TPSA) is 12.4 Å². The van der Waals surface area contributed by atoms with E-state index < -0.39 is 0 Å². The summed E-state index contributed by atoms with van der Waals surface area (Å²) >= 11 is 8.75. The summed E-state index contributed by atoms with van der Waals surface area (Å²) in [5.74, 6) is 0.907. The van der Waals surface area contributed by atoms with Gasteiger partial charge in [-0.2, -0.15) is 0 Å². The second-order valence-electron chi connectivity index (χ2n) is 3.94. The van der Waals surface area contributed by atoms with Gasteiger partial charge in [0, 0.05) is 5.92 Å². The molecule has 0 radical (unpaired) electrons. The summed E-state index contributed by atoms with van der Waals surface area (Å²) in [4.78, 5) is 4.39. The van der Waals surface area contributed by atoms with Crippen LogP contribution in [-0.2, 0) is 0 Å². The minimum atomic E-state index is 0.417. The van der Waals surface area contributed by atoms with Gasteiger partial charge in [-0.15, -0.1) is 25.3 Å². The molecule has 1 unspecified atom stereocenters. The van der Waals surface area contributed by atoms with Crippen molar-refractivity contribution in [2.45, 2.75) is 41.0 Å². The van der Waals surface area contributed by atoms with Gasteiger partial charge in [0.1, 0.15) is 0 Å². The molecule has 82 valence electrons. The summed E-state index contributed by atoms with van der Waals surface area (Å²) in [6.07, 6.45) is 1.06. The van der Waals surface area contributed by atoms with Gasteiger partial charge in [-0.3, -0.25) is 0 Å². The molecule has 0 heterocycles. The largest absolute Gasteiger partial charge is 0.240 e. The van der Waals surface area contributed by atoms with Gasteiger partial charge in [-0.1, -0.05) is 27.7 Å². The van der Waals surface area contributed by atoms with E-state index in [9.17, 15) is 0 Å². The maximum atomic E-state index is 4.39. The van der Waals surface area contributed by atoms with Crippen LogP contribution >= 0.6 is 25.3 Å². The van der Waals surface area contributed by atoms with Gasteiger partial charge in [-0.05, 0) is 24.8 Å². The molecule has 0 bridgehead atoms. The average molecular weight is 231 g/mol. The van der Waals surface area contributed by atoms with E-state index in [2.05, 4.69) is 64.9 Å². The second-order valence-corrected chi connectivity index (χ2v) is 4.82. The number of thiol groups is 2. The van der Waals surface area contributed by atoms with Crippen LogP contribution in [0.3, 0.4) is 0 Å². The Bertz CT molecular complexity index is 242. The maximum absolute atomic E-state index is 4.39. The third kappa shape index (κ3) is 4.56. The molecule has 0 fully saturated rings. The molecule has 0 saturated heterocycles. The fraction of sp³-hybridized carbons (Fsp3) is 0.727. The lowest BCUT2D eigenvalue weighted by atomic mass is 10.1. The van der Waals surface area contributed by atoms with Crippen molar-refractivity contribution < 1.29 is 0 Å². The summed E-state index contributed by atoms with van der Waals surface area (Å²) in [6.45, 7) is 10.6. The van der Waals surface area contributed by atoms with Crippen molar-refractivity contribution in [1.29, 1.82) is 0 Å². The zero-order chi connectivity index (χ0) is 11.3. The first-order valence-corrected chi connectivity index (χ1v) is 5.96. The van der Waals surface area contributed by atoms with Crippen LogP contribution in [0.15, 0.2) is 15.6 Å². The highest BCUT2D eigenvalue weighted by atomic mass is 32.1. The van der Waals surface area contributed by atoms with E-state index in [4.69, 9.17) is 0 Å². The van der Waals surface area contributed by atoms with Crippen LogP contribution in [0.4, 0.5) is 0 Å². The van der Waals surface area contributed by atoms with Crippen molar-refractivity contribution in [3.63, 3.8) is 0 Å². The Labute approximate surface area is 98.9 Å². The lowest BCUT2D eigenvalue weighted by Gasteiger charge is -2.10. The number of aliphatic imine (C=N–C) groups is 1. The second kappa shape index (κ2) is 6.57. The Morgan fingerprint density at radius 1 is 1.21 bits per heavy atom. The molecular weight excluding hydrogens is 210 g/mol. The minimum absolute atomic E-state index is 0.417. The quantitative estimate of drug-likeness (QED) is 0.409. The van der Waals surface area contributed by atoms with E-state index in [0.29, 0.717) is 11.8 Å². The summed E-state index contributed by atoms with van der Waals surface area (Å²) in [5.41, 5.74) is 1.21. The predicted octanol–water partition coefficient (Wildman–Crippen LogP) is 4.18. The molecule has 3 heteroatoms. The Kier molecular flexibility index (Phi) is 6.62. The molecular formula is C11H21NS2. The van der Waals surface area contributed by atoms with Crippen molar-refractivity contribution in [2.75, 3.05) is 0 Å². The summed E-state index contributed by atoms with van der Waals surface area (Å²) in [7, 11) is 0. The van der Waals surface area contributed by atoms with Gasteiger partial charge >= 0.3 is 0 Å². The Morgan fingerprint density at radius 3 is 2.07 bits per heavy atom. The standard InChI is InChI=1S/C11H21NS2/c1-6-8(4)10(13)12-11(14)9(5)7(2)3/h7-8,14H,6H2,1-5H3,(H,12,13)/b11-9-. The summed E-state index contributed by atoms with van der Waals surface area (Å²) < 4.78 is 0. The normalized spacial score (nSPS) is 17.0. The first-order valence-electron chi connectivity index (χ1n) is 5.07. The predicted molar refractivity (Wildman–Crippen MR) is 72.4 cm³/mol. The van der Waals surface area contributed by atoms with Gasteiger partial charge in [0.05, 0.1) is 10.1 Å². The van der Waals surface area contributed by atoms with Crippen LogP contribution in [0.25, 0.3) is 0 Å². The molecule has 14 heavy (non-hydrogen) atoms. The Hall–Kier alpha value is 0.110. The van der Waals surface area contributed by atoms with Crippen molar-refractivity contribution in [2.24, 2.45) is 16.8 Å². The zero-order valence-electron chi connectivity index (χ0n) is 9.70. The van der Waals surface area contributed by atoms with Crippen LogP contribution in [0, 0.1) is 11.8 Å². The molecule has 0 aromatic carbocycles. The maximum Gasteiger partial charge on any atom is 0.0930 e. The van der Waals surface area contributed by atoms with Crippen molar-refractivity contribution in [1.82, 2.24) is 0 Å². The molecule has 1 nitrogen and oxygen atoms in total.